The van der Waals surface area contributed by atoms with Crippen LogP contribution in [0.25, 0.3) is 0 Å². The first-order valence-corrected chi connectivity index (χ1v) is 12.9. The molecule has 7 rings (SSSR count). The quantitative estimate of drug-likeness (QED) is 0.592. The number of ketones is 1. The first kappa shape index (κ1) is 21.8. The van der Waals surface area contributed by atoms with Gasteiger partial charge in [0.2, 0.25) is 5.91 Å². The van der Waals surface area contributed by atoms with Crippen molar-refractivity contribution in [3.63, 3.8) is 0 Å². The monoisotopic (exact) mass is 450 g/mol. The molecule has 0 heterocycles. The number of Topliss-reactive ketones (excluding diaryl/α,β-unsaturated/α-hetero) is 1. The predicted octanol–water partition coefficient (Wildman–Crippen LogP) is 3.58. The van der Waals surface area contributed by atoms with E-state index in [9.17, 15) is 14.7 Å². The van der Waals surface area contributed by atoms with Gasteiger partial charge in [-0.3, -0.25) is 9.59 Å². The Hall–Kier alpha value is -1.72. The maximum atomic E-state index is 14.5. The first-order chi connectivity index (χ1) is 15.6. The molecule has 7 atom stereocenters. The zero-order valence-corrected chi connectivity index (χ0v) is 20.0. The number of fused-ring (bicyclic) bond motifs is 1. The summed E-state index contributed by atoms with van der Waals surface area (Å²) in [5.41, 5.74) is 6.06. The highest BCUT2D eigenvalue weighted by atomic mass is 16.3. The van der Waals surface area contributed by atoms with Crippen LogP contribution in [0, 0.1) is 39.9 Å². The second-order valence-electron chi connectivity index (χ2n) is 13.1. The second-order valence-corrected chi connectivity index (χ2v) is 13.1. The van der Waals surface area contributed by atoms with E-state index in [1.165, 1.54) is 6.42 Å². The van der Waals surface area contributed by atoms with Gasteiger partial charge in [0.05, 0.1) is 11.6 Å². The van der Waals surface area contributed by atoms with Crippen LogP contribution in [0.5, 0.6) is 0 Å². The molecule has 4 N–H and O–H groups in total. The Bertz CT molecular complexity index is 978. The normalized spacial score (nSPS) is 47.8. The van der Waals surface area contributed by atoms with Gasteiger partial charge in [-0.2, -0.15) is 0 Å². The molecule has 3 unspecified atom stereocenters. The summed E-state index contributed by atoms with van der Waals surface area (Å²) in [6, 6.07) is 9.88. The maximum Gasteiger partial charge on any atom is 0.221 e. The van der Waals surface area contributed by atoms with Crippen molar-refractivity contribution in [2.45, 2.75) is 83.4 Å². The summed E-state index contributed by atoms with van der Waals surface area (Å²) in [6.45, 7) is 5.03. The minimum atomic E-state index is -0.631. The third kappa shape index (κ3) is 3.18. The van der Waals surface area contributed by atoms with Gasteiger partial charge >= 0.3 is 0 Å². The molecule has 178 valence electrons. The molecule has 1 aromatic carbocycles. The Morgan fingerprint density at radius 3 is 2.33 bits per heavy atom. The molecule has 33 heavy (non-hydrogen) atoms. The fourth-order valence-electron chi connectivity index (χ4n) is 9.62. The van der Waals surface area contributed by atoms with Crippen LogP contribution in [0.1, 0.15) is 70.8 Å². The Kier molecular flexibility index (Phi) is 4.56. The number of amides is 1. The van der Waals surface area contributed by atoms with Crippen LogP contribution in [0.15, 0.2) is 30.3 Å². The van der Waals surface area contributed by atoms with Crippen LogP contribution < -0.4 is 11.1 Å². The molecule has 0 aromatic heterocycles. The summed E-state index contributed by atoms with van der Waals surface area (Å²) >= 11 is 0. The van der Waals surface area contributed by atoms with E-state index in [4.69, 9.17) is 5.73 Å². The molecule has 6 fully saturated rings. The van der Waals surface area contributed by atoms with E-state index >= 15 is 0 Å². The lowest BCUT2D eigenvalue weighted by molar-refractivity contribution is -0.179. The minimum Gasteiger partial charge on any atom is -0.390 e. The smallest absolute Gasteiger partial charge is 0.221 e. The Morgan fingerprint density at radius 2 is 1.73 bits per heavy atom. The molecule has 1 amide bonds. The van der Waals surface area contributed by atoms with Gasteiger partial charge in [-0.05, 0) is 85.0 Å². The largest absolute Gasteiger partial charge is 0.390 e. The highest BCUT2D eigenvalue weighted by Gasteiger charge is 2.75. The molecular formula is C28H38N2O3. The molecule has 5 nitrogen and oxygen atoms in total. The van der Waals surface area contributed by atoms with Crippen LogP contribution in [0.3, 0.4) is 0 Å². The first-order valence-electron chi connectivity index (χ1n) is 12.9. The van der Waals surface area contributed by atoms with Gasteiger partial charge in [0.1, 0.15) is 0 Å². The van der Waals surface area contributed by atoms with Crippen molar-refractivity contribution in [2.24, 2.45) is 45.7 Å². The number of rotatable bonds is 7. The van der Waals surface area contributed by atoms with E-state index < -0.39 is 5.60 Å². The summed E-state index contributed by atoms with van der Waals surface area (Å²) in [6.07, 6.45) is 7.39. The van der Waals surface area contributed by atoms with E-state index in [0.29, 0.717) is 24.8 Å². The Balaban J connectivity index is 1.37. The lowest BCUT2D eigenvalue weighted by Crippen LogP contribution is -2.64. The summed E-state index contributed by atoms with van der Waals surface area (Å²) in [4.78, 5) is 27.0. The summed E-state index contributed by atoms with van der Waals surface area (Å²) in [5.74, 6) is 0.165. The topological polar surface area (TPSA) is 92.4 Å². The number of hydrogen-bond acceptors (Lipinski definition) is 4. The van der Waals surface area contributed by atoms with Crippen LogP contribution in [-0.2, 0) is 16.1 Å². The predicted molar refractivity (Wildman–Crippen MR) is 126 cm³/mol. The zero-order chi connectivity index (χ0) is 23.2. The lowest BCUT2D eigenvalue weighted by atomic mass is 9.45. The van der Waals surface area contributed by atoms with Gasteiger partial charge in [0, 0.05) is 18.4 Å². The number of carbonyl (C=O) groups excluding carboxylic acids is 2. The average Bonchev–Trinajstić information content (AvgIpc) is 3.18. The number of primary amides is 1. The van der Waals surface area contributed by atoms with Crippen molar-refractivity contribution in [1.29, 1.82) is 0 Å². The molecular weight excluding hydrogens is 412 g/mol. The van der Waals surface area contributed by atoms with Crippen molar-refractivity contribution in [1.82, 2.24) is 5.32 Å². The molecule has 0 aliphatic heterocycles. The number of nitrogens with two attached hydrogens (primary N) is 1. The molecule has 6 aliphatic carbocycles. The van der Waals surface area contributed by atoms with E-state index in [0.717, 1.165) is 44.1 Å². The zero-order valence-electron chi connectivity index (χ0n) is 20.0. The van der Waals surface area contributed by atoms with Crippen molar-refractivity contribution >= 4 is 11.7 Å². The number of aliphatic hydroxyl groups is 1. The van der Waals surface area contributed by atoms with Crippen LogP contribution >= 0.6 is 0 Å². The van der Waals surface area contributed by atoms with Gasteiger partial charge < -0.3 is 16.2 Å². The molecule has 6 aliphatic rings. The fourth-order valence-corrected chi connectivity index (χ4v) is 9.62. The van der Waals surface area contributed by atoms with E-state index in [-0.39, 0.29) is 45.8 Å². The van der Waals surface area contributed by atoms with Crippen LogP contribution in [0.4, 0.5) is 0 Å². The lowest BCUT2D eigenvalue weighted by Gasteiger charge is -2.62. The van der Waals surface area contributed by atoms with Crippen LogP contribution in [-0.4, -0.2) is 28.4 Å². The molecule has 0 spiro atoms. The molecule has 1 aromatic rings. The standard InChI is InChI=1S/C28H38N2O3/c1-25-13-20(24(29)32)21(26(25,2)15-25)22(31)23(30-14-17-6-4-3-5-7-17)27-9-18-8-19(10-27)12-28(33,11-18)16-27/h3-7,18-21,23,30,33H,8-16H2,1-2H3,(H2,29,32)/t18?,19?,20-,21?,23-,25-,26-,27?,28?/m1/s1. The highest BCUT2D eigenvalue weighted by Crippen LogP contribution is 2.77. The van der Waals surface area contributed by atoms with Crippen molar-refractivity contribution in [3.8, 4) is 0 Å². The number of carbonyl (C=O) groups is 2. The van der Waals surface area contributed by atoms with E-state index in [1.54, 1.807) is 0 Å². The fraction of sp³-hybridized carbons (Fsp3) is 0.714. The summed E-state index contributed by atoms with van der Waals surface area (Å²) < 4.78 is 0. The van der Waals surface area contributed by atoms with E-state index in [2.05, 4.69) is 31.3 Å². The highest BCUT2D eigenvalue weighted by molar-refractivity contribution is 5.94. The van der Waals surface area contributed by atoms with Crippen molar-refractivity contribution in [2.75, 3.05) is 0 Å². The second kappa shape index (κ2) is 6.91. The summed E-state index contributed by atoms with van der Waals surface area (Å²) in [5, 5.41) is 15.1. The van der Waals surface area contributed by atoms with Gasteiger partial charge in [-0.1, -0.05) is 44.2 Å². The van der Waals surface area contributed by atoms with E-state index in [1.807, 2.05) is 18.2 Å². The Labute approximate surface area is 196 Å². The molecule has 5 heteroatoms. The maximum absolute atomic E-state index is 14.5. The minimum absolute atomic E-state index is 0.0384. The molecule has 4 bridgehead atoms. The van der Waals surface area contributed by atoms with Crippen LogP contribution in [0.2, 0.25) is 0 Å². The third-order valence-corrected chi connectivity index (χ3v) is 10.8. The molecule has 0 saturated heterocycles. The van der Waals surface area contributed by atoms with Gasteiger partial charge in [-0.15, -0.1) is 0 Å². The van der Waals surface area contributed by atoms with Gasteiger partial charge in [0.15, 0.2) is 5.78 Å². The Morgan fingerprint density at radius 1 is 1.06 bits per heavy atom. The summed E-state index contributed by atoms with van der Waals surface area (Å²) in [7, 11) is 0. The third-order valence-electron chi connectivity index (χ3n) is 10.8. The molecule has 6 saturated carbocycles. The number of hydrogen-bond donors (Lipinski definition) is 3. The number of benzene rings is 1. The van der Waals surface area contributed by atoms with Crippen molar-refractivity contribution < 1.29 is 14.7 Å². The SMILES string of the molecule is C[C@]12C[C@@H](C(N)=O)C(C(=O)[C@@H](NCc3ccccc3)C34CC5CC(CC(O)(C5)C3)C4)[C@@]1(C)C2. The van der Waals surface area contributed by atoms with Crippen molar-refractivity contribution in [3.05, 3.63) is 35.9 Å². The van der Waals surface area contributed by atoms with Gasteiger partial charge in [-0.25, -0.2) is 0 Å². The number of nitrogens with one attached hydrogen (secondary N) is 1. The average molecular weight is 451 g/mol. The van der Waals surface area contributed by atoms with Gasteiger partial charge in [0.25, 0.3) is 0 Å². The molecule has 0 radical (unpaired) electrons.